The maximum Gasteiger partial charge on any atom is 0.147 e. The predicted octanol–water partition coefficient (Wildman–Crippen LogP) is 0.423. The van der Waals surface area contributed by atoms with Gasteiger partial charge in [-0.25, -0.2) is 8.42 Å². The first kappa shape index (κ1) is 12.5. The molecule has 0 bridgehead atoms. The van der Waals surface area contributed by atoms with Gasteiger partial charge in [-0.3, -0.25) is 0 Å². The highest BCUT2D eigenvalue weighted by Gasteiger charge is 2.03. The molecule has 0 saturated carbocycles. The van der Waals surface area contributed by atoms with Crippen molar-refractivity contribution < 1.29 is 8.42 Å². The monoisotopic (exact) mass is 203 g/mol. The lowest BCUT2D eigenvalue weighted by atomic mass is 10.2. The first-order valence-electron chi connectivity index (χ1n) is 4.37. The molecule has 0 rings (SSSR count). The van der Waals surface area contributed by atoms with Gasteiger partial charge in [-0.2, -0.15) is 0 Å². The summed E-state index contributed by atoms with van der Waals surface area (Å²) in [5, 5.41) is 3.09. The maximum atomic E-state index is 10.7. The van der Waals surface area contributed by atoms with E-state index in [1.807, 2.05) is 6.92 Å². The molecule has 0 heterocycles. The Hall–Kier alpha value is -0.530. The van der Waals surface area contributed by atoms with Crippen LogP contribution in [0.5, 0.6) is 0 Å². The van der Waals surface area contributed by atoms with Gasteiger partial charge in [-0.15, -0.1) is 6.42 Å². The van der Waals surface area contributed by atoms with Gasteiger partial charge < -0.3 is 5.32 Å². The van der Waals surface area contributed by atoms with E-state index in [-0.39, 0.29) is 11.8 Å². The number of sulfone groups is 1. The van der Waals surface area contributed by atoms with Crippen LogP contribution < -0.4 is 5.32 Å². The molecule has 1 atom stereocenters. The maximum absolute atomic E-state index is 10.7. The van der Waals surface area contributed by atoms with Gasteiger partial charge in [0, 0.05) is 6.26 Å². The van der Waals surface area contributed by atoms with Crippen molar-refractivity contribution >= 4 is 9.84 Å². The lowest BCUT2D eigenvalue weighted by Gasteiger charge is -2.09. The van der Waals surface area contributed by atoms with E-state index in [2.05, 4.69) is 11.2 Å². The molecule has 4 heteroatoms. The minimum Gasteiger partial charge on any atom is -0.304 e. The van der Waals surface area contributed by atoms with E-state index in [0.29, 0.717) is 13.0 Å². The summed E-state index contributed by atoms with van der Waals surface area (Å²) in [4.78, 5) is 0. The first-order valence-corrected chi connectivity index (χ1v) is 6.43. The zero-order valence-corrected chi connectivity index (χ0v) is 9.02. The van der Waals surface area contributed by atoms with Crippen LogP contribution in [-0.4, -0.2) is 33.0 Å². The summed E-state index contributed by atoms with van der Waals surface area (Å²) < 4.78 is 21.5. The van der Waals surface area contributed by atoms with Crippen LogP contribution in [-0.2, 0) is 9.84 Å². The summed E-state index contributed by atoms with van der Waals surface area (Å²) in [6.45, 7) is 2.66. The summed E-state index contributed by atoms with van der Waals surface area (Å²) in [6, 6.07) is 0.0690. The Morgan fingerprint density at radius 1 is 1.54 bits per heavy atom. The molecule has 0 radical (unpaired) electrons. The topological polar surface area (TPSA) is 46.2 Å². The van der Waals surface area contributed by atoms with Crippen LogP contribution in [0.3, 0.4) is 0 Å². The summed E-state index contributed by atoms with van der Waals surface area (Å²) >= 11 is 0. The summed E-state index contributed by atoms with van der Waals surface area (Å²) in [5.41, 5.74) is 0. The molecule has 0 aromatic rings. The van der Waals surface area contributed by atoms with Crippen LogP contribution in [0.1, 0.15) is 19.8 Å². The third-order valence-electron chi connectivity index (χ3n) is 1.69. The van der Waals surface area contributed by atoms with Crippen molar-refractivity contribution in [3.8, 4) is 12.3 Å². The summed E-state index contributed by atoms with van der Waals surface area (Å²) in [5.74, 6) is 2.81. The molecule has 0 aliphatic carbocycles. The molecule has 0 aliphatic heterocycles. The summed E-state index contributed by atoms with van der Waals surface area (Å²) in [6.07, 6.45) is 7.95. The van der Waals surface area contributed by atoms with Gasteiger partial charge >= 0.3 is 0 Å². The average molecular weight is 203 g/mol. The molecule has 0 amide bonds. The van der Waals surface area contributed by atoms with Gasteiger partial charge in [0.1, 0.15) is 9.84 Å². The SMILES string of the molecule is C#CC(CC)NCCCS(C)(=O)=O. The second-order valence-corrected chi connectivity index (χ2v) is 5.32. The van der Waals surface area contributed by atoms with Crippen LogP contribution in [0.2, 0.25) is 0 Å². The Labute approximate surface area is 80.8 Å². The Balaban J connectivity index is 3.53. The molecule has 3 nitrogen and oxygen atoms in total. The van der Waals surface area contributed by atoms with E-state index in [0.717, 1.165) is 6.42 Å². The fourth-order valence-electron chi connectivity index (χ4n) is 0.932. The van der Waals surface area contributed by atoms with Gasteiger partial charge in [0.15, 0.2) is 0 Å². The average Bonchev–Trinajstić information content (AvgIpc) is 2.03. The van der Waals surface area contributed by atoms with E-state index in [9.17, 15) is 8.42 Å². The number of hydrogen-bond donors (Lipinski definition) is 1. The van der Waals surface area contributed by atoms with E-state index >= 15 is 0 Å². The number of rotatable bonds is 6. The quantitative estimate of drug-likeness (QED) is 0.503. The number of nitrogens with one attached hydrogen (secondary N) is 1. The fourth-order valence-corrected chi connectivity index (χ4v) is 1.60. The minimum atomic E-state index is -2.83. The van der Waals surface area contributed by atoms with E-state index < -0.39 is 9.84 Å². The Morgan fingerprint density at radius 3 is 2.54 bits per heavy atom. The molecule has 13 heavy (non-hydrogen) atoms. The third kappa shape index (κ3) is 7.82. The van der Waals surface area contributed by atoms with Crippen molar-refractivity contribution in [3.05, 3.63) is 0 Å². The van der Waals surface area contributed by atoms with Gasteiger partial charge in [0.05, 0.1) is 11.8 Å². The molecule has 0 fully saturated rings. The zero-order valence-electron chi connectivity index (χ0n) is 8.21. The highest BCUT2D eigenvalue weighted by atomic mass is 32.2. The Morgan fingerprint density at radius 2 is 2.15 bits per heavy atom. The van der Waals surface area contributed by atoms with Crippen LogP contribution >= 0.6 is 0 Å². The van der Waals surface area contributed by atoms with Gasteiger partial charge in [0.25, 0.3) is 0 Å². The highest BCUT2D eigenvalue weighted by molar-refractivity contribution is 7.90. The first-order chi connectivity index (χ1) is 5.99. The molecular formula is C9H17NO2S. The molecule has 1 unspecified atom stereocenters. The van der Waals surface area contributed by atoms with Gasteiger partial charge in [-0.1, -0.05) is 12.8 Å². The van der Waals surface area contributed by atoms with E-state index in [1.165, 1.54) is 6.26 Å². The van der Waals surface area contributed by atoms with Gasteiger partial charge in [0.2, 0.25) is 0 Å². The Kier molecular flexibility index (Phi) is 5.76. The molecule has 76 valence electrons. The smallest absolute Gasteiger partial charge is 0.147 e. The Bertz CT molecular complexity index is 264. The van der Waals surface area contributed by atoms with Gasteiger partial charge in [-0.05, 0) is 19.4 Å². The van der Waals surface area contributed by atoms with Crippen molar-refractivity contribution in [1.29, 1.82) is 0 Å². The fraction of sp³-hybridized carbons (Fsp3) is 0.778. The lowest BCUT2D eigenvalue weighted by molar-refractivity contribution is 0.574. The second kappa shape index (κ2) is 6.01. The molecule has 1 N–H and O–H groups in total. The zero-order chi connectivity index (χ0) is 10.3. The molecule has 0 aromatic carbocycles. The van der Waals surface area contributed by atoms with Crippen molar-refractivity contribution in [2.45, 2.75) is 25.8 Å². The number of terminal acetylenes is 1. The molecule has 0 spiro atoms. The lowest BCUT2D eigenvalue weighted by Crippen LogP contribution is -2.28. The normalized spacial score (nSPS) is 13.6. The van der Waals surface area contributed by atoms with Crippen LogP contribution in [0.25, 0.3) is 0 Å². The second-order valence-electron chi connectivity index (χ2n) is 3.07. The molecule has 0 aliphatic rings. The number of hydrogen-bond acceptors (Lipinski definition) is 3. The van der Waals surface area contributed by atoms with Crippen molar-refractivity contribution in [2.75, 3.05) is 18.6 Å². The third-order valence-corrected chi connectivity index (χ3v) is 2.72. The van der Waals surface area contributed by atoms with Crippen molar-refractivity contribution in [3.63, 3.8) is 0 Å². The molecular weight excluding hydrogens is 186 g/mol. The summed E-state index contributed by atoms with van der Waals surface area (Å²) in [7, 11) is -2.83. The highest BCUT2D eigenvalue weighted by Crippen LogP contribution is 1.91. The standard InChI is InChI=1S/C9H17NO2S/c1-4-9(5-2)10-7-6-8-13(3,11)12/h1,9-10H,5-8H2,2-3H3. The predicted molar refractivity (Wildman–Crippen MR) is 55.2 cm³/mol. The molecule has 0 saturated heterocycles. The largest absolute Gasteiger partial charge is 0.304 e. The minimum absolute atomic E-state index is 0.0690. The van der Waals surface area contributed by atoms with Crippen LogP contribution in [0.4, 0.5) is 0 Å². The van der Waals surface area contributed by atoms with Crippen molar-refractivity contribution in [1.82, 2.24) is 5.32 Å². The van der Waals surface area contributed by atoms with E-state index in [1.54, 1.807) is 0 Å². The molecule has 0 aromatic heterocycles. The van der Waals surface area contributed by atoms with Crippen LogP contribution in [0, 0.1) is 12.3 Å². The van der Waals surface area contributed by atoms with Crippen LogP contribution in [0.15, 0.2) is 0 Å². The van der Waals surface area contributed by atoms with E-state index in [4.69, 9.17) is 6.42 Å². The van der Waals surface area contributed by atoms with Crippen molar-refractivity contribution in [2.24, 2.45) is 0 Å².